The highest BCUT2D eigenvalue weighted by molar-refractivity contribution is 5.08. The monoisotopic (exact) mass is 170 g/mol. The summed E-state index contributed by atoms with van der Waals surface area (Å²) in [5, 5.41) is 9.34. The van der Waals surface area contributed by atoms with Crippen LogP contribution in [0.2, 0.25) is 0 Å². The van der Waals surface area contributed by atoms with E-state index in [4.69, 9.17) is 9.47 Å². The van der Waals surface area contributed by atoms with Crippen molar-refractivity contribution in [1.82, 2.24) is 0 Å². The average molecular weight is 170 g/mol. The fourth-order valence-electron chi connectivity index (χ4n) is 1.62. The Morgan fingerprint density at radius 2 is 1.75 bits per heavy atom. The van der Waals surface area contributed by atoms with Crippen LogP contribution in [0.15, 0.2) is 11.5 Å². The fourth-order valence-corrected chi connectivity index (χ4v) is 1.62. The maximum absolute atomic E-state index is 9.34. The number of allylic oxidation sites excluding steroid dienone is 2. The number of hydrogen-bond donors (Lipinski definition) is 1. The van der Waals surface area contributed by atoms with Crippen molar-refractivity contribution in [3.05, 3.63) is 11.5 Å². The van der Waals surface area contributed by atoms with Crippen molar-refractivity contribution in [1.29, 1.82) is 0 Å². The maximum atomic E-state index is 9.34. The van der Waals surface area contributed by atoms with E-state index in [0.29, 0.717) is 0 Å². The summed E-state index contributed by atoms with van der Waals surface area (Å²) in [5.74, 6) is 1.82. The number of hydrogen-bond acceptors (Lipinski definition) is 3. The molecule has 1 N–H and O–H groups in total. The molecule has 1 aliphatic carbocycles. The summed E-state index contributed by atoms with van der Waals surface area (Å²) in [6.45, 7) is 1.82. The van der Waals surface area contributed by atoms with E-state index in [0.717, 1.165) is 30.8 Å². The van der Waals surface area contributed by atoms with Gasteiger partial charge in [-0.15, -0.1) is 0 Å². The Morgan fingerprint density at radius 1 is 1.17 bits per heavy atom. The van der Waals surface area contributed by atoms with Crippen LogP contribution in [0, 0.1) is 0 Å². The van der Waals surface area contributed by atoms with Crippen molar-refractivity contribution in [2.75, 3.05) is 0 Å². The third-order valence-corrected chi connectivity index (χ3v) is 2.36. The summed E-state index contributed by atoms with van der Waals surface area (Å²) in [6.07, 6.45) is 3.20. The molecule has 0 saturated heterocycles. The zero-order valence-electron chi connectivity index (χ0n) is 7.25. The molecule has 3 heteroatoms. The molecule has 2 aliphatic rings. The zero-order valence-corrected chi connectivity index (χ0v) is 7.25. The molecule has 3 nitrogen and oxygen atoms in total. The largest absolute Gasteiger partial charge is 0.485 e. The first-order chi connectivity index (χ1) is 5.77. The van der Waals surface area contributed by atoms with Gasteiger partial charge >= 0.3 is 0 Å². The number of ether oxygens (including phenoxy) is 2. The Bertz CT molecular complexity index is 188. The molecule has 0 fully saturated rings. The highest BCUT2D eigenvalue weighted by atomic mass is 16.7. The van der Waals surface area contributed by atoms with Crippen molar-refractivity contribution in [2.24, 2.45) is 0 Å². The van der Waals surface area contributed by atoms with Crippen LogP contribution in [0.3, 0.4) is 0 Å². The summed E-state index contributed by atoms with van der Waals surface area (Å²) in [5.41, 5.74) is 0. The summed E-state index contributed by atoms with van der Waals surface area (Å²) in [7, 11) is 0. The molecule has 2 rings (SSSR count). The molecule has 0 aromatic carbocycles. The molecule has 1 heterocycles. The Kier molecular flexibility index (Phi) is 1.97. The van der Waals surface area contributed by atoms with Gasteiger partial charge in [0.05, 0.1) is 0 Å². The standard InChI is InChI=1S/C9H14O3/c1-6-9(10)12-8-5-3-2-4-7(8)11-6/h6,9-10H,2-5H2,1H3/t6-,9?/m0/s1. The molecular formula is C9H14O3. The first-order valence-corrected chi connectivity index (χ1v) is 4.51. The SMILES string of the molecule is C[C@@H]1OC2=C(CCCC2)OC1O. The van der Waals surface area contributed by atoms with Crippen LogP contribution in [0.25, 0.3) is 0 Å². The highest BCUT2D eigenvalue weighted by Gasteiger charge is 2.29. The van der Waals surface area contributed by atoms with Crippen LogP contribution in [0.5, 0.6) is 0 Å². The van der Waals surface area contributed by atoms with Gasteiger partial charge in [-0.3, -0.25) is 0 Å². The first kappa shape index (κ1) is 7.92. The quantitative estimate of drug-likeness (QED) is 0.599. The highest BCUT2D eigenvalue weighted by Crippen LogP contribution is 2.32. The second-order valence-corrected chi connectivity index (χ2v) is 3.38. The van der Waals surface area contributed by atoms with Gasteiger partial charge < -0.3 is 14.6 Å². The molecule has 0 aromatic rings. The molecule has 1 aliphatic heterocycles. The predicted octanol–water partition coefficient (Wildman–Crippen LogP) is 1.53. The molecule has 12 heavy (non-hydrogen) atoms. The van der Waals surface area contributed by atoms with Crippen molar-refractivity contribution in [3.8, 4) is 0 Å². The van der Waals surface area contributed by atoms with E-state index in [9.17, 15) is 5.11 Å². The van der Waals surface area contributed by atoms with Gasteiger partial charge in [-0.2, -0.15) is 0 Å². The molecule has 2 atom stereocenters. The number of rotatable bonds is 0. The second kappa shape index (κ2) is 2.98. The van der Waals surface area contributed by atoms with Crippen molar-refractivity contribution >= 4 is 0 Å². The predicted molar refractivity (Wildman–Crippen MR) is 43.1 cm³/mol. The second-order valence-electron chi connectivity index (χ2n) is 3.38. The van der Waals surface area contributed by atoms with Crippen LogP contribution in [-0.2, 0) is 9.47 Å². The van der Waals surface area contributed by atoms with Gasteiger partial charge in [0.15, 0.2) is 6.10 Å². The molecule has 0 aromatic heterocycles. The van der Waals surface area contributed by atoms with Crippen molar-refractivity contribution < 1.29 is 14.6 Å². The van der Waals surface area contributed by atoms with Gasteiger partial charge in [-0.05, 0) is 19.8 Å². The molecule has 68 valence electrons. The molecule has 0 spiro atoms. The topological polar surface area (TPSA) is 38.7 Å². The molecule has 0 amide bonds. The molecule has 0 radical (unpaired) electrons. The average Bonchev–Trinajstić information content (AvgIpc) is 2.07. The van der Waals surface area contributed by atoms with Gasteiger partial charge in [-0.1, -0.05) is 0 Å². The smallest absolute Gasteiger partial charge is 0.234 e. The lowest BCUT2D eigenvalue weighted by molar-refractivity contribution is -0.171. The van der Waals surface area contributed by atoms with Gasteiger partial charge in [-0.25, -0.2) is 0 Å². The molecule has 0 saturated carbocycles. The van der Waals surface area contributed by atoms with Crippen molar-refractivity contribution in [2.45, 2.75) is 45.0 Å². The van der Waals surface area contributed by atoms with Gasteiger partial charge in [0.1, 0.15) is 11.5 Å². The van der Waals surface area contributed by atoms with E-state index >= 15 is 0 Å². The summed E-state index contributed by atoms with van der Waals surface area (Å²) in [4.78, 5) is 0. The van der Waals surface area contributed by atoms with E-state index in [1.807, 2.05) is 6.92 Å². The number of aliphatic hydroxyl groups is 1. The summed E-state index contributed by atoms with van der Waals surface area (Å²) < 4.78 is 10.8. The molecule has 1 unspecified atom stereocenters. The summed E-state index contributed by atoms with van der Waals surface area (Å²) >= 11 is 0. The molecular weight excluding hydrogens is 156 g/mol. The Labute approximate surface area is 72.0 Å². The van der Waals surface area contributed by atoms with Crippen LogP contribution in [0.1, 0.15) is 32.6 Å². The van der Waals surface area contributed by atoms with E-state index < -0.39 is 6.29 Å². The summed E-state index contributed by atoms with van der Waals surface area (Å²) in [6, 6.07) is 0. The van der Waals surface area contributed by atoms with E-state index in [1.165, 1.54) is 6.42 Å². The first-order valence-electron chi connectivity index (χ1n) is 4.51. The maximum Gasteiger partial charge on any atom is 0.234 e. The van der Waals surface area contributed by atoms with Crippen LogP contribution in [-0.4, -0.2) is 17.5 Å². The Morgan fingerprint density at radius 3 is 2.42 bits per heavy atom. The van der Waals surface area contributed by atoms with Crippen LogP contribution in [0.4, 0.5) is 0 Å². The number of aliphatic hydroxyl groups excluding tert-OH is 1. The Hall–Kier alpha value is -0.700. The van der Waals surface area contributed by atoms with E-state index in [2.05, 4.69) is 0 Å². The minimum atomic E-state index is -0.776. The minimum absolute atomic E-state index is 0.221. The lowest BCUT2D eigenvalue weighted by Crippen LogP contribution is -2.34. The van der Waals surface area contributed by atoms with Gasteiger partial charge in [0.2, 0.25) is 6.29 Å². The lowest BCUT2D eigenvalue weighted by atomic mass is 10.0. The van der Waals surface area contributed by atoms with Crippen LogP contribution >= 0.6 is 0 Å². The minimum Gasteiger partial charge on any atom is -0.485 e. The molecule has 0 bridgehead atoms. The third kappa shape index (κ3) is 1.29. The van der Waals surface area contributed by atoms with Gasteiger partial charge in [0, 0.05) is 12.8 Å². The normalized spacial score (nSPS) is 35.2. The zero-order chi connectivity index (χ0) is 8.55. The lowest BCUT2D eigenvalue weighted by Gasteiger charge is -2.32. The van der Waals surface area contributed by atoms with Gasteiger partial charge in [0.25, 0.3) is 0 Å². The van der Waals surface area contributed by atoms with Crippen LogP contribution < -0.4 is 0 Å². The third-order valence-electron chi connectivity index (χ3n) is 2.36. The Balaban J connectivity index is 2.15. The van der Waals surface area contributed by atoms with Crippen molar-refractivity contribution in [3.63, 3.8) is 0 Å². The van der Waals surface area contributed by atoms with E-state index in [-0.39, 0.29) is 6.10 Å². The fraction of sp³-hybridized carbons (Fsp3) is 0.778. The van der Waals surface area contributed by atoms with E-state index in [1.54, 1.807) is 0 Å².